The standard InChI is InChI=1S/C25H24N2O4S/c1-18-11-7-10-16-24(18)32(28,29)27(22-14-8-9-15-23(22)30-3)17-21-19(2)31-25(26-21)20-12-5-4-6-13-20/h4-16H,17H2,1-3H3. The molecule has 0 fully saturated rings. The summed E-state index contributed by atoms with van der Waals surface area (Å²) >= 11 is 0. The number of aryl methyl sites for hydroxylation is 2. The van der Waals surface area contributed by atoms with Crippen molar-refractivity contribution in [2.45, 2.75) is 25.3 Å². The van der Waals surface area contributed by atoms with E-state index >= 15 is 0 Å². The van der Waals surface area contributed by atoms with Gasteiger partial charge in [-0.1, -0.05) is 48.5 Å². The topological polar surface area (TPSA) is 72.6 Å². The maximum Gasteiger partial charge on any atom is 0.265 e. The molecule has 6 nitrogen and oxygen atoms in total. The molecule has 0 aliphatic carbocycles. The van der Waals surface area contributed by atoms with Gasteiger partial charge in [0.15, 0.2) is 0 Å². The number of ether oxygens (including phenoxy) is 1. The molecule has 0 atom stereocenters. The van der Waals surface area contributed by atoms with Gasteiger partial charge in [0.05, 0.1) is 24.2 Å². The molecule has 0 spiro atoms. The van der Waals surface area contributed by atoms with E-state index in [1.165, 1.54) is 11.4 Å². The minimum absolute atomic E-state index is 0.000786. The fourth-order valence-electron chi connectivity index (χ4n) is 3.51. The number of nitrogens with zero attached hydrogens (tertiary/aromatic N) is 2. The van der Waals surface area contributed by atoms with Crippen molar-refractivity contribution in [2.24, 2.45) is 0 Å². The molecule has 0 saturated carbocycles. The van der Waals surface area contributed by atoms with Gasteiger partial charge < -0.3 is 9.15 Å². The molecule has 0 saturated heterocycles. The zero-order valence-corrected chi connectivity index (χ0v) is 19.0. The quantitative estimate of drug-likeness (QED) is 0.380. The largest absolute Gasteiger partial charge is 0.495 e. The number of methoxy groups -OCH3 is 1. The highest BCUT2D eigenvalue weighted by Crippen LogP contribution is 2.35. The van der Waals surface area contributed by atoms with Crippen LogP contribution in [0.15, 0.2) is 88.2 Å². The summed E-state index contributed by atoms with van der Waals surface area (Å²) in [6, 6.07) is 23.5. The van der Waals surface area contributed by atoms with E-state index in [0.717, 1.165) is 5.56 Å². The van der Waals surface area contributed by atoms with Gasteiger partial charge in [-0.15, -0.1) is 0 Å². The zero-order chi connectivity index (χ0) is 22.7. The van der Waals surface area contributed by atoms with Crippen molar-refractivity contribution >= 4 is 15.7 Å². The zero-order valence-electron chi connectivity index (χ0n) is 18.1. The number of aromatic nitrogens is 1. The van der Waals surface area contributed by atoms with Crippen LogP contribution in [0.3, 0.4) is 0 Å². The summed E-state index contributed by atoms with van der Waals surface area (Å²) in [7, 11) is -2.40. The lowest BCUT2D eigenvalue weighted by Gasteiger charge is -2.26. The Bertz CT molecular complexity index is 1330. The molecule has 0 aliphatic heterocycles. The molecule has 4 rings (SSSR count). The average molecular weight is 449 g/mol. The molecule has 4 aromatic rings. The van der Waals surface area contributed by atoms with Crippen LogP contribution >= 0.6 is 0 Å². The van der Waals surface area contributed by atoms with Crippen LogP contribution in [0.2, 0.25) is 0 Å². The van der Waals surface area contributed by atoms with E-state index in [-0.39, 0.29) is 11.4 Å². The molecule has 0 amide bonds. The van der Waals surface area contributed by atoms with E-state index in [4.69, 9.17) is 9.15 Å². The van der Waals surface area contributed by atoms with Crippen molar-refractivity contribution in [1.29, 1.82) is 0 Å². The monoisotopic (exact) mass is 448 g/mol. The Kier molecular flexibility index (Phi) is 6.01. The first-order chi connectivity index (χ1) is 15.4. The summed E-state index contributed by atoms with van der Waals surface area (Å²) in [4.78, 5) is 4.85. The maximum atomic E-state index is 13.8. The molecule has 0 aliphatic rings. The summed E-state index contributed by atoms with van der Waals surface area (Å²) in [6.07, 6.45) is 0. The fraction of sp³-hybridized carbons (Fsp3) is 0.160. The van der Waals surface area contributed by atoms with E-state index < -0.39 is 10.0 Å². The van der Waals surface area contributed by atoms with Crippen molar-refractivity contribution in [1.82, 2.24) is 4.98 Å². The molecule has 0 N–H and O–H groups in total. The van der Waals surface area contributed by atoms with Gasteiger partial charge in [0, 0.05) is 5.56 Å². The van der Waals surface area contributed by atoms with Crippen molar-refractivity contribution in [3.05, 3.63) is 95.9 Å². The van der Waals surface area contributed by atoms with Crippen LogP contribution < -0.4 is 9.04 Å². The highest BCUT2D eigenvalue weighted by molar-refractivity contribution is 7.92. The van der Waals surface area contributed by atoms with Crippen LogP contribution in [-0.4, -0.2) is 20.5 Å². The molecule has 7 heteroatoms. The van der Waals surface area contributed by atoms with Crippen molar-refractivity contribution in [3.63, 3.8) is 0 Å². The maximum absolute atomic E-state index is 13.8. The summed E-state index contributed by atoms with van der Waals surface area (Å²) in [5, 5.41) is 0. The van der Waals surface area contributed by atoms with E-state index in [9.17, 15) is 8.42 Å². The smallest absolute Gasteiger partial charge is 0.265 e. The van der Waals surface area contributed by atoms with Crippen molar-refractivity contribution < 1.29 is 17.6 Å². The van der Waals surface area contributed by atoms with Gasteiger partial charge in [-0.05, 0) is 49.7 Å². The van der Waals surface area contributed by atoms with Crippen LogP contribution in [-0.2, 0) is 16.6 Å². The van der Waals surface area contributed by atoms with Crippen LogP contribution in [0.25, 0.3) is 11.5 Å². The number of hydrogen-bond acceptors (Lipinski definition) is 5. The molecule has 0 radical (unpaired) electrons. The third-order valence-corrected chi connectivity index (χ3v) is 7.14. The highest BCUT2D eigenvalue weighted by Gasteiger charge is 2.30. The van der Waals surface area contributed by atoms with Gasteiger partial charge in [-0.3, -0.25) is 4.31 Å². The Morgan fingerprint density at radius 3 is 2.28 bits per heavy atom. The Hall–Kier alpha value is -3.58. The molecule has 32 heavy (non-hydrogen) atoms. The first kappa shape index (κ1) is 21.6. The lowest BCUT2D eigenvalue weighted by molar-refractivity contribution is 0.415. The highest BCUT2D eigenvalue weighted by atomic mass is 32.2. The summed E-state index contributed by atoms with van der Waals surface area (Å²) in [6.45, 7) is 3.57. The minimum atomic E-state index is -3.92. The number of para-hydroxylation sites is 2. The van der Waals surface area contributed by atoms with E-state index in [0.29, 0.717) is 34.3 Å². The van der Waals surface area contributed by atoms with E-state index in [2.05, 4.69) is 4.98 Å². The number of anilines is 1. The Labute approximate surface area is 188 Å². The average Bonchev–Trinajstić information content (AvgIpc) is 3.18. The van der Waals surface area contributed by atoms with Crippen molar-refractivity contribution in [2.75, 3.05) is 11.4 Å². The molecule has 164 valence electrons. The van der Waals surface area contributed by atoms with Crippen LogP contribution in [0.4, 0.5) is 5.69 Å². The third-order valence-electron chi connectivity index (χ3n) is 5.22. The molecular weight excluding hydrogens is 424 g/mol. The third kappa shape index (κ3) is 4.11. The van der Waals surface area contributed by atoms with Gasteiger partial charge in [0.25, 0.3) is 10.0 Å². The number of sulfonamides is 1. The SMILES string of the molecule is COc1ccccc1N(Cc1nc(-c2ccccc2)oc1C)S(=O)(=O)c1ccccc1C. The van der Waals surface area contributed by atoms with Crippen LogP contribution in [0.1, 0.15) is 17.0 Å². The molecule has 1 heterocycles. The second-order valence-corrected chi connectivity index (χ2v) is 9.17. The normalized spacial score (nSPS) is 11.3. The molecule has 1 aromatic heterocycles. The number of rotatable bonds is 7. The first-order valence-electron chi connectivity index (χ1n) is 10.1. The predicted octanol–water partition coefficient (Wildman–Crippen LogP) is 5.36. The summed E-state index contributed by atoms with van der Waals surface area (Å²) < 4.78 is 40.3. The first-order valence-corrected chi connectivity index (χ1v) is 11.6. The number of hydrogen-bond donors (Lipinski definition) is 0. The minimum Gasteiger partial charge on any atom is -0.495 e. The second-order valence-electron chi connectivity index (χ2n) is 7.34. The molecule has 0 unspecified atom stereocenters. The van der Waals surface area contributed by atoms with Gasteiger partial charge >= 0.3 is 0 Å². The fourth-order valence-corrected chi connectivity index (χ4v) is 5.18. The van der Waals surface area contributed by atoms with Crippen LogP contribution in [0.5, 0.6) is 5.75 Å². The van der Waals surface area contributed by atoms with Gasteiger partial charge in [0.2, 0.25) is 5.89 Å². The molecule has 0 bridgehead atoms. The number of oxazole rings is 1. The lowest BCUT2D eigenvalue weighted by Crippen LogP contribution is -2.31. The number of benzene rings is 3. The Morgan fingerprint density at radius 1 is 0.906 bits per heavy atom. The lowest BCUT2D eigenvalue weighted by atomic mass is 10.2. The summed E-state index contributed by atoms with van der Waals surface area (Å²) in [5.74, 6) is 1.46. The van der Waals surface area contributed by atoms with Crippen LogP contribution in [0, 0.1) is 13.8 Å². The predicted molar refractivity (Wildman–Crippen MR) is 124 cm³/mol. The Balaban J connectivity index is 1.83. The van der Waals surface area contributed by atoms with E-state index in [1.807, 2.05) is 36.4 Å². The van der Waals surface area contributed by atoms with Crippen molar-refractivity contribution in [3.8, 4) is 17.2 Å². The second kappa shape index (κ2) is 8.88. The molecule has 3 aromatic carbocycles. The molecular formula is C25H24N2O4S. The Morgan fingerprint density at radius 2 is 1.56 bits per heavy atom. The van der Waals surface area contributed by atoms with Gasteiger partial charge in [-0.25, -0.2) is 13.4 Å². The van der Waals surface area contributed by atoms with Gasteiger partial charge in [-0.2, -0.15) is 0 Å². The summed E-state index contributed by atoms with van der Waals surface area (Å²) in [5.41, 5.74) is 2.45. The van der Waals surface area contributed by atoms with E-state index in [1.54, 1.807) is 56.3 Å². The van der Waals surface area contributed by atoms with Gasteiger partial charge in [0.1, 0.15) is 17.2 Å².